The maximum absolute atomic E-state index is 11.0. The Hall–Kier alpha value is -2.27. The molecule has 0 unspecified atom stereocenters. The van der Waals surface area contributed by atoms with Gasteiger partial charge in [0, 0.05) is 5.69 Å². The molecule has 21 heavy (non-hydrogen) atoms. The van der Waals surface area contributed by atoms with E-state index in [2.05, 4.69) is 40.7 Å². The van der Waals surface area contributed by atoms with Crippen molar-refractivity contribution in [3.8, 4) is 5.69 Å². The Balaban J connectivity index is 2.15. The Morgan fingerprint density at radius 1 is 1.19 bits per heavy atom. The molecule has 0 saturated carbocycles. The van der Waals surface area contributed by atoms with Crippen molar-refractivity contribution in [1.82, 2.24) is 9.55 Å². The van der Waals surface area contributed by atoms with E-state index in [0.717, 1.165) is 21.9 Å². The topological polar surface area (TPSA) is 60.9 Å². The largest absolute Gasteiger partial charge is 0.369 e. The average Bonchev–Trinajstić information content (AvgIpc) is 2.84. The number of carbonyl (C=O) groups excluding carboxylic acids is 1. The summed E-state index contributed by atoms with van der Waals surface area (Å²) in [5, 5.41) is 0.777. The summed E-state index contributed by atoms with van der Waals surface area (Å²) in [6.07, 6.45) is 0. The molecule has 1 aromatic heterocycles. The second kappa shape index (κ2) is 5.61. The van der Waals surface area contributed by atoms with Crippen molar-refractivity contribution in [2.75, 3.05) is 5.75 Å². The Morgan fingerprint density at radius 2 is 1.90 bits per heavy atom. The zero-order chi connectivity index (χ0) is 14.8. The molecule has 0 spiro atoms. The molecule has 2 aromatic carbocycles. The quantitative estimate of drug-likeness (QED) is 0.753. The first-order valence-electron chi connectivity index (χ1n) is 6.61. The van der Waals surface area contributed by atoms with Gasteiger partial charge in [-0.05, 0) is 31.2 Å². The highest BCUT2D eigenvalue weighted by molar-refractivity contribution is 7.99. The summed E-state index contributed by atoms with van der Waals surface area (Å²) in [5.41, 5.74) is 9.41. The Labute approximate surface area is 127 Å². The van der Waals surface area contributed by atoms with Crippen LogP contribution in [0.2, 0.25) is 0 Å². The van der Waals surface area contributed by atoms with Gasteiger partial charge in [0.05, 0.1) is 16.8 Å². The molecule has 0 bridgehead atoms. The summed E-state index contributed by atoms with van der Waals surface area (Å²) in [7, 11) is 0. The fourth-order valence-electron chi connectivity index (χ4n) is 2.18. The first-order chi connectivity index (χ1) is 10.1. The van der Waals surface area contributed by atoms with Crippen LogP contribution < -0.4 is 5.73 Å². The van der Waals surface area contributed by atoms with Crippen molar-refractivity contribution in [2.24, 2.45) is 5.73 Å². The Morgan fingerprint density at radius 3 is 2.62 bits per heavy atom. The molecule has 3 rings (SSSR count). The number of imidazole rings is 1. The lowest BCUT2D eigenvalue weighted by Gasteiger charge is -2.08. The molecule has 0 aliphatic rings. The maximum atomic E-state index is 11.0. The number of benzene rings is 2. The molecule has 0 radical (unpaired) electrons. The number of aromatic nitrogens is 2. The maximum Gasteiger partial charge on any atom is 0.227 e. The van der Waals surface area contributed by atoms with E-state index in [9.17, 15) is 4.79 Å². The number of para-hydroxylation sites is 2. The molecule has 106 valence electrons. The van der Waals surface area contributed by atoms with Crippen LogP contribution in [-0.4, -0.2) is 21.2 Å². The summed E-state index contributed by atoms with van der Waals surface area (Å²) in [6, 6.07) is 16.2. The number of thioether (sulfide) groups is 1. The average molecular weight is 297 g/mol. The Kier molecular flexibility index (Phi) is 3.66. The lowest BCUT2D eigenvalue weighted by molar-refractivity contribution is -0.115. The van der Waals surface area contributed by atoms with Crippen molar-refractivity contribution in [1.29, 1.82) is 0 Å². The predicted octanol–water partition coefficient (Wildman–Crippen LogP) is 2.91. The molecular formula is C16H15N3OS. The highest BCUT2D eigenvalue weighted by Crippen LogP contribution is 2.27. The van der Waals surface area contributed by atoms with Gasteiger partial charge in [0.25, 0.3) is 0 Å². The van der Waals surface area contributed by atoms with Crippen molar-refractivity contribution < 1.29 is 4.79 Å². The zero-order valence-electron chi connectivity index (χ0n) is 11.6. The standard InChI is InChI=1S/C16H15N3OS/c1-11-6-8-12(9-7-11)19-14-5-3-2-4-13(14)18-16(19)21-10-15(17)20/h2-9H,10H2,1H3,(H2,17,20). The van der Waals surface area contributed by atoms with E-state index in [0.29, 0.717) is 0 Å². The van der Waals surface area contributed by atoms with Crippen molar-refractivity contribution in [2.45, 2.75) is 12.1 Å². The van der Waals surface area contributed by atoms with E-state index in [4.69, 9.17) is 5.73 Å². The molecule has 4 nitrogen and oxygen atoms in total. The summed E-state index contributed by atoms with van der Waals surface area (Å²) in [4.78, 5) is 15.6. The SMILES string of the molecule is Cc1ccc(-n2c(SCC(N)=O)nc3ccccc32)cc1. The number of hydrogen-bond donors (Lipinski definition) is 1. The number of rotatable bonds is 4. The van der Waals surface area contributed by atoms with Crippen LogP contribution in [0.15, 0.2) is 53.7 Å². The fraction of sp³-hybridized carbons (Fsp3) is 0.125. The van der Waals surface area contributed by atoms with Gasteiger partial charge >= 0.3 is 0 Å². The van der Waals surface area contributed by atoms with Gasteiger partial charge in [-0.15, -0.1) is 0 Å². The van der Waals surface area contributed by atoms with Gasteiger partial charge in [-0.2, -0.15) is 0 Å². The number of fused-ring (bicyclic) bond motifs is 1. The van der Waals surface area contributed by atoms with Gasteiger partial charge in [-0.3, -0.25) is 9.36 Å². The first kappa shape index (κ1) is 13.7. The highest BCUT2D eigenvalue weighted by atomic mass is 32.2. The number of amides is 1. The number of primary amides is 1. The number of nitrogens with two attached hydrogens (primary N) is 1. The van der Waals surface area contributed by atoms with E-state index in [1.807, 2.05) is 24.3 Å². The molecule has 0 atom stereocenters. The third-order valence-electron chi connectivity index (χ3n) is 3.17. The minimum absolute atomic E-state index is 0.217. The molecule has 0 saturated heterocycles. The lowest BCUT2D eigenvalue weighted by Crippen LogP contribution is -2.13. The van der Waals surface area contributed by atoms with Gasteiger partial charge in [0.15, 0.2) is 5.16 Å². The lowest BCUT2D eigenvalue weighted by atomic mass is 10.2. The van der Waals surface area contributed by atoms with Crippen LogP contribution in [0.3, 0.4) is 0 Å². The first-order valence-corrected chi connectivity index (χ1v) is 7.59. The summed E-state index contributed by atoms with van der Waals surface area (Å²) in [5.74, 6) is -0.127. The molecular weight excluding hydrogens is 282 g/mol. The minimum atomic E-state index is -0.345. The summed E-state index contributed by atoms with van der Waals surface area (Å²) in [6.45, 7) is 2.05. The monoisotopic (exact) mass is 297 g/mol. The smallest absolute Gasteiger partial charge is 0.227 e. The fourth-order valence-corrected chi connectivity index (χ4v) is 2.95. The van der Waals surface area contributed by atoms with E-state index >= 15 is 0 Å². The second-order valence-corrected chi connectivity index (χ2v) is 5.75. The van der Waals surface area contributed by atoms with Gasteiger partial charge in [0.2, 0.25) is 5.91 Å². The van der Waals surface area contributed by atoms with Gasteiger partial charge in [0.1, 0.15) is 0 Å². The van der Waals surface area contributed by atoms with Crippen LogP contribution in [-0.2, 0) is 4.79 Å². The van der Waals surface area contributed by atoms with Crippen LogP contribution in [0.1, 0.15) is 5.56 Å². The van der Waals surface area contributed by atoms with Crippen LogP contribution in [0.4, 0.5) is 0 Å². The number of hydrogen-bond acceptors (Lipinski definition) is 3. The van der Waals surface area contributed by atoms with Crippen LogP contribution in [0.5, 0.6) is 0 Å². The highest BCUT2D eigenvalue weighted by Gasteiger charge is 2.13. The molecule has 0 aliphatic carbocycles. The van der Waals surface area contributed by atoms with E-state index in [-0.39, 0.29) is 11.7 Å². The summed E-state index contributed by atoms with van der Waals surface area (Å²) < 4.78 is 2.06. The van der Waals surface area contributed by atoms with E-state index in [1.54, 1.807) is 0 Å². The van der Waals surface area contributed by atoms with Gasteiger partial charge in [-0.25, -0.2) is 4.98 Å². The molecule has 3 aromatic rings. The molecule has 0 aliphatic heterocycles. The molecule has 1 heterocycles. The van der Waals surface area contributed by atoms with Crippen molar-refractivity contribution in [3.05, 3.63) is 54.1 Å². The van der Waals surface area contributed by atoms with Crippen molar-refractivity contribution in [3.63, 3.8) is 0 Å². The summed E-state index contributed by atoms with van der Waals surface area (Å²) >= 11 is 1.36. The number of nitrogens with zero attached hydrogens (tertiary/aromatic N) is 2. The molecule has 0 fully saturated rings. The number of carbonyl (C=O) groups is 1. The molecule has 5 heteroatoms. The number of aryl methyl sites for hydroxylation is 1. The van der Waals surface area contributed by atoms with E-state index in [1.165, 1.54) is 17.3 Å². The normalized spacial score (nSPS) is 10.9. The molecule has 1 amide bonds. The van der Waals surface area contributed by atoms with Gasteiger partial charge < -0.3 is 5.73 Å². The minimum Gasteiger partial charge on any atom is -0.369 e. The second-order valence-electron chi connectivity index (χ2n) is 4.81. The van der Waals surface area contributed by atoms with Crippen LogP contribution in [0, 0.1) is 6.92 Å². The third kappa shape index (κ3) is 2.78. The zero-order valence-corrected chi connectivity index (χ0v) is 12.4. The van der Waals surface area contributed by atoms with Gasteiger partial charge in [-0.1, -0.05) is 41.6 Å². The third-order valence-corrected chi connectivity index (χ3v) is 4.13. The Bertz CT molecular complexity index is 793. The van der Waals surface area contributed by atoms with Crippen LogP contribution >= 0.6 is 11.8 Å². The van der Waals surface area contributed by atoms with E-state index < -0.39 is 0 Å². The van der Waals surface area contributed by atoms with Crippen LogP contribution in [0.25, 0.3) is 16.7 Å². The molecule has 2 N–H and O–H groups in total. The predicted molar refractivity (Wildman–Crippen MR) is 85.7 cm³/mol. The van der Waals surface area contributed by atoms with Crippen molar-refractivity contribution >= 4 is 28.7 Å².